The van der Waals surface area contributed by atoms with Crippen LogP contribution in [0, 0.1) is 5.82 Å². The molecule has 0 aliphatic rings. The molecule has 0 saturated carbocycles. The molecule has 108 valence electrons. The highest BCUT2D eigenvalue weighted by Gasteiger charge is 2.25. The van der Waals surface area contributed by atoms with Crippen LogP contribution in [0.2, 0.25) is 0 Å². The lowest BCUT2D eigenvalue weighted by atomic mass is 10.2. The Kier molecular flexibility index (Phi) is 4.48. The minimum Gasteiger partial charge on any atom is -0.326 e. The maximum absolute atomic E-state index is 13.9. The zero-order valence-electron chi connectivity index (χ0n) is 10.8. The van der Waals surface area contributed by atoms with E-state index in [2.05, 4.69) is 4.98 Å². The van der Waals surface area contributed by atoms with Gasteiger partial charge >= 0.3 is 0 Å². The van der Waals surface area contributed by atoms with Gasteiger partial charge in [-0.2, -0.15) is 4.31 Å². The van der Waals surface area contributed by atoms with Gasteiger partial charge in [-0.3, -0.25) is 0 Å². The Morgan fingerprint density at radius 2 is 2.20 bits per heavy atom. The number of nitrogens with zero attached hydrogens (tertiary/aromatic N) is 2. The molecule has 0 atom stereocenters. The second-order valence-electron chi connectivity index (χ2n) is 4.21. The van der Waals surface area contributed by atoms with Crippen LogP contribution >= 0.6 is 11.3 Å². The van der Waals surface area contributed by atoms with Crippen LogP contribution in [0.1, 0.15) is 11.3 Å². The molecule has 2 N–H and O–H groups in total. The molecule has 20 heavy (non-hydrogen) atoms. The average Bonchev–Trinajstić information content (AvgIpc) is 2.91. The number of hydrogen-bond acceptors (Lipinski definition) is 5. The highest BCUT2D eigenvalue weighted by atomic mass is 32.2. The Morgan fingerprint density at radius 1 is 1.45 bits per heavy atom. The molecule has 0 spiro atoms. The molecule has 0 bridgehead atoms. The Hall–Kier alpha value is -1.35. The van der Waals surface area contributed by atoms with Crippen LogP contribution in [0.5, 0.6) is 0 Å². The minimum absolute atomic E-state index is 0.101. The molecule has 1 aromatic heterocycles. The molecular weight excluding hydrogens is 301 g/mol. The Bertz CT molecular complexity index is 687. The van der Waals surface area contributed by atoms with Crippen LogP contribution in [0.3, 0.4) is 0 Å². The maximum atomic E-state index is 13.9. The van der Waals surface area contributed by atoms with E-state index in [0.29, 0.717) is 11.3 Å². The molecule has 5 nitrogen and oxygen atoms in total. The molecule has 8 heteroatoms. The van der Waals surface area contributed by atoms with Gasteiger partial charge in [0, 0.05) is 19.0 Å². The molecule has 0 unspecified atom stereocenters. The van der Waals surface area contributed by atoms with E-state index in [4.69, 9.17) is 5.73 Å². The van der Waals surface area contributed by atoms with Gasteiger partial charge in [-0.05, 0) is 17.7 Å². The van der Waals surface area contributed by atoms with E-state index in [9.17, 15) is 12.8 Å². The third-order valence-corrected chi connectivity index (χ3v) is 5.26. The van der Waals surface area contributed by atoms with Crippen molar-refractivity contribution in [2.45, 2.75) is 18.0 Å². The monoisotopic (exact) mass is 315 g/mol. The predicted octanol–water partition coefficient (Wildman–Crippen LogP) is 1.56. The number of rotatable bonds is 5. The summed E-state index contributed by atoms with van der Waals surface area (Å²) in [5.41, 5.74) is 8.18. The van der Waals surface area contributed by atoms with Gasteiger partial charge in [-0.25, -0.2) is 17.8 Å². The summed E-state index contributed by atoms with van der Waals surface area (Å²) in [5.74, 6) is -0.793. The molecule has 1 aromatic carbocycles. The molecule has 0 fully saturated rings. The van der Waals surface area contributed by atoms with E-state index in [0.717, 1.165) is 10.4 Å². The van der Waals surface area contributed by atoms with Gasteiger partial charge in [0.1, 0.15) is 10.7 Å². The molecule has 2 aromatic rings. The molecule has 0 aliphatic carbocycles. The van der Waals surface area contributed by atoms with Crippen molar-refractivity contribution in [1.82, 2.24) is 9.29 Å². The van der Waals surface area contributed by atoms with Gasteiger partial charge in [-0.1, -0.05) is 6.07 Å². The summed E-state index contributed by atoms with van der Waals surface area (Å²) < 4.78 is 39.6. The van der Waals surface area contributed by atoms with E-state index < -0.39 is 15.8 Å². The second kappa shape index (κ2) is 5.96. The van der Waals surface area contributed by atoms with Crippen LogP contribution in [0.4, 0.5) is 4.39 Å². The van der Waals surface area contributed by atoms with Gasteiger partial charge in [-0.15, -0.1) is 11.3 Å². The molecule has 1 heterocycles. The number of hydrogen-bond donors (Lipinski definition) is 1. The van der Waals surface area contributed by atoms with Crippen LogP contribution in [-0.4, -0.2) is 24.8 Å². The number of thiazole rings is 1. The summed E-state index contributed by atoms with van der Waals surface area (Å²) in [6.07, 6.45) is 0. The third kappa shape index (κ3) is 3.04. The van der Waals surface area contributed by atoms with Crippen molar-refractivity contribution in [2.24, 2.45) is 5.73 Å². The van der Waals surface area contributed by atoms with E-state index in [-0.39, 0.29) is 18.0 Å². The van der Waals surface area contributed by atoms with Crippen LogP contribution in [-0.2, 0) is 23.1 Å². The van der Waals surface area contributed by atoms with Crippen LogP contribution < -0.4 is 5.73 Å². The van der Waals surface area contributed by atoms with Crippen LogP contribution in [0.15, 0.2) is 34.0 Å². The fraction of sp³-hybridized carbons (Fsp3) is 0.250. The summed E-state index contributed by atoms with van der Waals surface area (Å²) in [5, 5.41) is 1.75. The first-order chi connectivity index (χ1) is 9.45. The topological polar surface area (TPSA) is 76.3 Å². The highest BCUT2D eigenvalue weighted by molar-refractivity contribution is 7.89. The van der Waals surface area contributed by atoms with Crippen molar-refractivity contribution in [1.29, 1.82) is 0 Å². The Balaban J connectivity index is 2.30. The zero-order valence-corrected chi connectivity index (χ0v) is 12.4. The standard InChI is InChI=1S/C12H14FN3O2S2/c1-16(6-10-7-19-8-15-10)20(17,18)12-3-2-9(5-14)4-11(12)13/h2-4,7-8H,5-6,14H2,1H3. The number of benzene rings is 1. The summed E-state index contributed by atoms with van der Waals surface area (Å²) in [6.45, 7) is 0.260. The van der Waals surface area contributed by atoms with E-state index in [1.807, 2.05) is 0 Å². The normalized spacial score (nSPS) is 12.0. The molecule has 2 rings (SSSR count). The Labute approximate surface area is 120 Å². The summed E-state index contributed by atoms with van der Waals surface area (Å²) in [7, 11) is -2.49. The van der Waals surface area contributed by atoms with Gasteiger partial charge in [0.2, 0.25) is 10.0 Å². The van der Waals surface area contributed by atoms with Crippen LogP contribution in [0.25, 0.3) is 0 Å². The molecule has 0 radical (unpaired) electrons. The second-order valence-corrected chi connectivity index (χ2v) is 6.94. The lowest BCUT2D eigenvalue weighted by Crippen LogP contribution is -2.27. The van der Waals surface area contributed by atoms with Crippen molar-refractivity contribution in [3.05, 3.63) is 46.2 Å². The first-order valence-electron chi connectivity index (χ1n) is 5.77. The van der Waals surface area contributed by atoms with Gasteiger partial charge < -0.3 is 5.73 Å². The number of halogens is 1. The SMILES string of the molecule is CN(Cc1cscn1)S(=O)(=O)c1ccc(CN)cc1F. The van der Waals surface area contributed by atoms with Crippen molar-refractivity contribution in [2.75, 3.05) is 7.05 Å². The van der Waals surface area contributed by atoms with Crippen molar-refractivity contribution >= 4 is 21.4 Å². The maximum Gasteiger partial charge on any atom is 0.246 e. The smallest absolute Gasteiger partial charge is 0.246 e. The van der Waals surface area contributed by atoms with Gasteiger partial charge in [0.15, 0.2) is 0 Å². The van der Waals surface area contributed by atoms with Gasteiger partial charge in [0.05, 0.1) is 17.7 Å². The first kappa shape index (κ1) is 15.0. The van der Waals surface area contributed by atoms with Gasteiger partial charge in [0.25, 0.3) is 0 Å². The fourth-order valence-electron chi connectivity index (χ4n) is 1.68. The lowest BCUT2D eigenvalue weighted by Gasteiger charge is -2.16. The molecular formula is C12H14FN3O2S2. The summed E-state index contributed by atoms with van der Waals surface area (Å²) in [4.78, 5) is 3.66. The summed E-state index contributed by atoms with van der Waals surface area (Å²) >= 11 is 1.38. The number of aromatic nitrogens is 1. The average molecular weight is 315 g/mol. The van der Waals surface area contributed by atoms with Crippen molar-refractivity contribution < 1.29 is 12.8 Å². The Morgan fingerprint density at radius 3 is 2.75 bits per heavy atom. The highest BCUT2D eigenvalue weighted by Crippen LogP contribution is 2.21. The van der Waals surface area contributed by atoms with E-state index in [1.54, 1.807) is 10.9 Å². The quantitative estimate of drug-likeness (QED) is 0.908. The minimum atomic E-state index is -3.89. The lowest BCUT2D eigenvalue weighted by molar-refractivity contribution is 0.456. The van der Waals surface area contributed by atoms with E-state index >= 15 is 0 Å². The molecule has 0 aliphatic heterocycles. The first-order valence-corrected chi connectivity index (χ1v) is 8.15. The van der Waals surface area contributed by atoms with Crippen molar-refractivity contribution in [3.63, 3.8) is 0 Å². The zero-order chi connectivity index (χ0) is 14.8. The third-order valence-electron chi connectivity index (χ3n) is 2.79. The number of sulfonamides is 1. The molecule has 0 saturated heterocycles. The largest absolute Gasteiger partial charge is 0.326 e. The predicted molar refractivity (Wildman–Crippen MR) is 75.1 cm³/mol. The number of nitrogens with two attached hydrogens (primary N) is 1. The molecule has 0 amide bonds. The summed E-state index contributed by atoms with van der Waals surface area (Å²) in [6, 6.07) is 3.89. The fourth-order valence-corrected chi connectivity index (χ4v) is 3.41. The van der Waals surface area contributed by atoms with E-state index in [1.165, 1.54) is 30.5 Å². The van der Waals surface area contributed by atoms with Crippen molar-refractivity contribution in [3.8, 4) is 0 Å².